The third kappa shape index (κ3) is 10.8. The number of ether oxygens (including phenoxy) is 1. The molecule has 0 atom stereocenters. The molecule has 0 bridgehead atoms. The van der Waals surface area contributed by atoms with Crippen LogP contribution in [0.25, 0.3) is 12.4 Å². The molecule has 0 aliphatic heterocycles. The van der Waals surface area contributed by atoms with Gasteiger partial charge in [-0.25, -0.2) is 9.79 Å². The summed E-state index contributed by atoms with van der Waals surface area (Å²) in [6, 6.07) is 10.0. The van der Waals surface area contributed by atoms with E-state index < -0.39 is 11.7 Å². The number of benzene rings is 1. The summed E-state index contributed by atoms with van der Waals surface area (Å²) < 4.78 is 7.35. The second-order valence-corrected chi connectivity index (χ2v) is 8.22. The van der Waals surface area contributed by atoms with Crippen LogP contribution >= 0.6 is 0 Å². The van der Waals surface area contributed by atoms with E-state index in [2.05, 4.69) is 40.6 Å². The van der Waals surface area contributed by atoms with Crippen LogP contribution < -0.4 is 26.9 Å². The molecule has 1 heterocycles. The molecule has 0 aliphatic carbocycles. The number of nitrogens with two attached hydrogens (primary N) is 1. The molecule has 0 unspecified atom stereocenters. The molecular formula is C26H39N5O2U. The van der Waals surface area contributed by atoms with Crippen molar-refractivity contribution in [3.8, 4) is 0 Å². The van der Waals surface area contributed by atoms with Crippen LogP contribution in [0.4, 0.5) is 4.79 Å². The molecule has 7 nitrogen and oxygen atoms in total. The summed E-state index contributed by atoms with van der Waals surface area (Å²) in [6.07, 6.45) is 2.22. The van der Waals surface area contributed by atoms with Crippen molar-refractivity contribution in [2.24, 2.45) is 10.7 Å². The maximum atomic E-state index is 11.8. The first-order valence-corrected chi connectivity index (χ1v) is 11.1. The number of hydrogen-bond acceptors (Lipinski definition) is 4. The molecule has 2 rings (SSSR count). The summed E-state index contributed by atoms with van der Waals surface area (Å²) >= 11 is 0. The normalized spacial score (nSPS) is 12.0. The van der Waals surface area contributed by atoms with E-state index in [1.54, 1.807) is 6.92 Å². The predicted molar refractivity (Wildman–Crippen MR) is 138 cm³/mol. The van der Waals surface area contributed by atoms with Gasteiger partial charge in [0.05, 0.1) is 5.35 Å². The van der Waals surface area contributed by atoms with Gasteiger partial charge in [-0.1, -0.05) is 37.8 Å². The maximum absolute atomic E-state index is 11.8. The van der Waals surface area contributed by atoms with Crippen LogP contribution in [0.5, 0.6) is 0 Å². The number of rotatable bonds is 8. The molecule has 1 amide bonds. The minimum absolute atomic E-state index is 0. The van der Waals surface area contributed by atoms with Crippen molar-refractivity contribution in [2.45, 2.75) is 59.7 Å². The molecule has 34 heavy (non-hydrogen) atoms. The quantitative estimate of drug-likeness (QED) is 0.226. The molecule has 0 radical (unpaired) electrons. The summed E-state index contributed by atoms with van der Waals surface area (Å²) in [5.41, 5.74) is 7.55. The fraction of sp³-hybridized carbons (Fsp3) is 0.385. The Morgan fingerprint density at radius 2 is 1.74 bits per heavy atom. The van der Waals surface area contributed by atoms with E-state index >= 15 is 0 Å². The molecule has 184 valence electrons. The minimum atomic E-state index is -0.514. The number of amides is 1. The Hall–Kier alpha value is -2.17. The molecule has 1 aromatic carbocycles. The Bertz CT molecular complexity index is 1020. The van der Waals surface area contributed by atoms with Gasteiger partial charge in [0.25, 0.3) is 0 Å². The van der Waals surface area contributed by atoms with Crippen LogP contribution in [0.3, 0.4) is 0 Å². The van der Waals surface area contributed by atoms with Gasteiger partial charge in [-0.15, -0.1) is 6.54 Å². The maximum Gasteiger partial charge on any atom is 2.00 e. The average molecular weight is 692 g/mol. The van der Waals surface area contributed by atoms with Gasteiger partial charge in [0.2, 0.25) is 0 Å². The van der Waals surface area contributed by atoms with Crippen LogP contribution in [0.2, 0.25) is 0 Å². The van der Waals surface area contributed by atoms with Gasteiger partial charge < -0.3 is 39.5 Å². The number of carbonyl (C=O) groups excluding carboxylic acids is 1. The fourth-order valence-corrected chi connectivity index (χ4v) is 2.90. The van der Waals surface area contributed by atoms with Crippen molar-refractivity contribution < 1.29 is 40.6 Å². The molecule has 0 saturated carbocycles. The minimum Gasteiger partial charge on any atom is -0.444 e. The molecular weight excluding hydrogens is 652 g/mol. The van der Waals surface area contributed by atoms with E-state index in [0.29, 0.717) is 37.7 Å². The smallest absolute Gasteiger partial charge is 0.444 e. The monoisotopic (exact) mass is 691 g/mol. The van der Waals surface area contributed by atoms with Crippen LogP contribution in [0, 0.1) is 45.0 Å². The van der Waals surface area contributed by atoms with Crippen LogP contribution in [-0.2, 0) is 17.8 Å². The number of aliphatic imine (C=N–C) groups is 1. The largest absolute Gasteiger partial charge is 2.00 e. The van der Waals surface area contributed by atoms with Gasteiger partial charge in [0.1, 0.15) is 17.3 Å². The molecule has 2 aromatic rings. The number of alkyl carbamates (subject to hydrolysis) is 1. The van der Waals surface area contributed by atoms with E-state index in [0.717, 1.165) is 21.7 Å². The van der Waals surface area contributed by atoms with Crippen LogP contribution in [0.15, 0.2) is 41.5 Å². The summed E-state index contributed by atoms with van der Waals surface area (Å²) in [5.74, 6) is 1.22. The Kier molecular flexibility index (Phi) is 14.7. The zero-order valence-electron chi connectivity index (χ0n) is 21.2. The summed E-state index contributed by atoms with van der Waals surface area (Å²) in [7, 11) is 0. The summed E-state index contributed by atoms with van der Waals surface area (Å²) in [6.45, 7) is 22.0. The summed E-state index contributed by atoms with van der Waals surface area (Å²) in [4.78, 5) is 16.3. The first-order valence-electron chi connectivity index (χ1n) is 11.1. The van der Waals surface area contributed by atoms with E-state index in [-0.39, 0.29) is 31.1 Å². The molecule has 0 fully saturated rings. The number of nitrogens with zero attached hydrogens (tertiary/aromatic N) is 2. The Morgan fingerprint density at radius 3 is 2.26 bits per heavy atom. The first-order chi connectivity index (χ1) is 15.6. The van der Waals surface area contributed by atoms with E-state index in [9.17, 15) is 4.79 Å². The van der Waals surface area contributed by atoms with Gasteiger partial charge in [-0.3, -0.25) is 0 Å². The third-order valence-corrected chi connectivity index (χ3v) is 4.39. The standard InChI is InChI=1S/C24H34N5O2.C2H5.U/c1-7-20(25)28-22(26-8-2)21-17(3)13-14-29(21)16-19-11-9-18(10-12-19)15-27-23(30)31-24(4,5)6;1-2;/h9-14,26H,2-3,7-8,15-16H2,1,4-6H3,(H2,25,28)(H,27,30);1H2,2H3;/q2*-1;+2/b22-21+;;. The Labute approximate surface area is 228 Å². The molecule has 0 aliphatic rings. The van der Waals surface area contributed by atoms with Crippen LogP contribution in [0.1, 0.15) is 52.2 Å². The Balaban J connectivity index is 0.00000353. The van der Waals surface area contributed by atoms with Gasteiger partial charge in [-0.2, -0.15) is 6.92 Å². The van der Waals surface area contributed by atoms with Gasteiger partial charge in [0.15, 0.2) is 0 Å². The predicted octanol–water partition coefficient (Wildman–Crippen LogP) is 3.07. The number of aromatic nitrogens is 1. The molecule has 1 aromatic heterocycles. The van der Waals surface area contributed by atoms with Gasteiger partial charge >= 0.3 is 37.2 Å². The van der Waals surface area contributed by atoms with Gasteiger partial charge in [0, 0.05) is 25.7 Å². The zero-order chi connectivity index (χ0) is 25.0. The topological polar surface area (TPSA) is 93.7 Å². The second-order valence-electron chi connectivity index (χ2n) is 8.22. The van der Waals surface area contributed by atoms with Crippen molar-refractivity contribution in [3.63, 3.8) is 0 Å². The number of hydrogen-bond donors (Lipinski definition) is 3. The van der Waals surface area contributed by atoms with E-state index in [1.807, 2.05) is 64.2 Å². The fourth-order valence-electron chi connectivity index (χ4n) is 2.90. The van der Waals surface area contributed by atoms with E-state index in [1.165, 1.54) is 0 Å². The number of amidine groups is 1. The first kappa shape index (κ1) is 31.8. The third-order valence-electron chi connectivity index (χ3n) is 4.39. The molecule has 8 heteroatoms. The van der Waals surface area contributed by atoms with Crippen molar-refractivity contribution >= 4 is 24.3 Å². The van der Waals surface area contributed by atoms with Crippen molar-refractivity contribution in [2.75, 3.05) is 6.54 Å². The van der Waals surface area contributed by atoms with Crippen molar-refractivity contribution in [1.82, 2.24) is 15.2 Å². The van der Waals surface area contributed by atoms with Crippen LogP contribution in [-0.4, -0.2) is 28.6 Å². The number of nitrogens with one attached hydrogen (secondary N) is 2. The second kappa shape index (κ2) is 15.7. The zero-order valence-corrected chi connectivity index (χ0v) is 25.4. The Morgan fingerprint density at radius 1 is 1.15 bits per heavy atom. The molecule has 4 N–H and O–H groups in total. The number of carbonyl (C=O) groups is 1. The molecule has 0 spiro atoms. The average Bonchev–Trinajstić information content (AvgIpc) is 3.12. The van der Waals surface area contributed by atoms with Gasteiger partial charge in [-0.05, 0) is 43.2 Å². The molecule has 0 saturated heterocycles. The van der Waals surface area contributed by atoms with Crippen molar-refractivity contribution in [3.05, 3.63) is 72.1 Å². The SMILES string of the molecule is C=c1ccn(Cc2ccc(CNC(=O)OC(C)(C)C)cc2)/c1=C(/N=C(/N)CC)NC[CH2-].[CH2-]C.[U+2]. The van der Waals surface area contributed by atoms with Crippen molar-refractivity contribution in [1.29, 1.82) is 0 Å². The van der Waals surface area contributed by atoms with E-state index in [4.69, 9.17) is 10.5 Å². The summed E-state index contributed by atoms with van der Waals surface area (Å²) in [5, 5.41) is 7.71.